The minimum atomic E-state index is -0.225. The zero-order valence-electron chi connectivity index (χ0n) is 12.3. The lowest BCUT2D eigenvalue weighted by Crippen LogP contribution is -2.48. The first-order chi connectivity index (χ1) is 10.6. The molecule has 0 spiro atoms. The van der Waals surface area contributed by atoms with Gasteiger partial charge in [-0.3, -0.25) is 9.59 Å². The van der Waals surface area contributed by atoms with Gasteiger partial charge in [-0.2, -0.15) is 5.10 Å². The molecule has 1 aliphatic heterocycles. The summed E-state index contributed by atoms with van der Waals surface area (Å²) in [4.78, 5) is 30.8. The number of hydrogen-bond acceptors (Lipinski definition) is 5. The summed E-state index contributed by atoms with van der Waals surface area (Å²) in [6.07, 6.45) is 1.74. The van der Waals surface area contributed by atoms with E-state index in [0.717, 1.165) is 37.6 Å². The maximum atomic E-state index is 11.3. The zero-order valence-corrected chi connectivity index (χ0v) is 12.3. The van der Waals surface area contributed by atoms with Crippen LogP contribution in [-0.2, 0) is 4.79 Å². The van der Waals surface area contributed by atoms with E-state index in [-0.39, 0.29) is 11.5 Å². The van der Waals surface area contributed by atoms with Gasteiger partial charge in [0.25, 0.3) is 5.56 Å². The van der Waals surface area contributed by atoms with Crippen LogP contribution < -0.4 is 10.5 Å². The van der Waals surface area contributed by atoms with Gasteiger partial charge < -0.3 is 9.80 Å². The number of pyridine rings is 1. The number of carbonyl (C=O) groups is 1. The number of aromatic nitrogens is 3. The molecule has 3 heterocycles. The van der Waals surface area contributed by atoms with E-state index in [9.17, 15) is 9.59 Å². The van der Waals surface area contributed by atoms with Crippen LogP contribution in [0.25, 0.3) is 11.3 Å². The van der Waals surface area contributed by atoms with E-state index in [0.29, 0.717) is 5.69 Å². The molecule has 0 atom stereocenters. The molecule has 1 N–H and O–H groups in total. The van der Waals surface area contributed by atoms with Crippen LogP contribution in [0.15, 0.2) is 35.3 Å². The van der Waals surface area contributed by atoms with Crippen LogP contribution >= 0.6 is 0 Å². The third-order valence-electron chi connectivity index (χ3n) is 3.77. The van der Waals surface area contributed by atoms with E-state index < -0.39 is 0 Å². The van der Waals surface area contributed by atoms with Crippen molar-refractivity contribution >= 4 is 11.7 Å². The number of piperazine rings is 1. The maximum absolute atomic E-state index is 11.3. The van der Waals surface area contributed by atoms with Gasteiger partial charge >= 0.3 is 0 Å². The Hall–Kier alpha value is -2.70. The lowest BCUT2D eigenvalue weighted by molar-refractivity contribution is -0.129. The second kappa shape index (κ2) is 5.97. The van der Waals surface area contributed by atoms with Crippen molar-refractivity contribution in [3.8, 4) is 11.3 Å². The van der Waals surface area contributed by atoms with E-state index in [4.69, 9.17) is 0 Å². The highest BCUT2D eigenvalue weighted by Crippen LogP contribution is 2.19. The fourth-order valence-electron chi connectivity index (χ4n) is 2.48. The van der Waals surface area contributed by atoms with Gasteiger partial charge in [0, 0.05) is 50.9 Å². The maximum Gasteiger partial charge on any atom is 0.264 e. The van der Waals surface area contributed by atoms with Crippen LogP contribution in [0.2, 0.25) is 0 Å². The van der Waals surface area contributed by atoms with Crippen molar-refractivity contribution < 1.29 is 4.79 Å². The minimum Gasteiger partial charge on any atom is -0.353 e. The molecule has 0 aliphatic carbocycles. The highest BCUT2D eigenvalue weighted by atomic mass is 16.2. The molecule has 2 aromatic rings. The molecular formula is C15H17N5O2. The first-order valence-electron chi connectivity index (χ1n) is 7.16. The highest BCUT2D eigenvalue weighted by Gasteiger charge is 2.19. The molecule has 0 bridgehead atoms. The van der Waals surface area contributed by atoms with Gasteiger partial charge in [-0.05, 0) is 18.2 Å². The monoisotopic (exact) mass is 299 g/mol. The second-order valence-corrected chi connectivity index (χ2v) is 5.20. The van der Waals surface area contributed by atoms with Crippen LogP contribution in [0.3, 0.4) is 0 Å². The third-order valence-corrected chi connectivity index (χ3v) is 3.77. The van der Waals surface area contributed by atoms with Crippen LogP contribution in [0.5, 0.6) is 0 Å². The van der Waals surface area contributed by atoms with Crippen molar-refractivity contribution in [2.45, 2.75) is 6.92 Å². The number of nitrogens with one attached hydrogen (secondary N) is 1. The molecule has 1 aliphatic rings. The Bertz CT molecular complexity index is 697. The zero-order chi connectivity index (χ0) is 15.5. The van der Waals surface area contributed by atoms with Gasteiger partial charge in [-0.1, -0.05) is 0 Å². The fraction of sp³-hybridized carbons (Fsp3) is 0.333. The Balaban J connectivity index is 1.71. The van der Waals surface area contributed by atoms with E-state index in [1.807, 2.05) is 17.0 Å². The Morgan fingerprint density at radius 1 is 1.14 bits per heavy atom. The number of amides is 1. The van der Waals surface area contributed by atoms with Crippen LogP contribution in [0, 0.1) is 0 Å². The molecule has 0 saturated carbocycles. The summed E-state index contributed by atoms with van der Waals surface area (Å²) >= 11 is 0. The summed E-state index contributed by atoms with van der Waals surface area (Å²) in [5.41, 5.74) is 1.30. The molecule has 3 rings (SSSR count). The third kappa shape index (κ3) is 2.98. The van der Waals surface area contributed by atoms with Crippen molar-refractivity contribution in [1.82, 2.24) is 20.1 Å². The van der Waals surface area contributed by atoms with Crippen molar-refractivity contribution in [3.05, 3.63) is 40.8 Å². The lowest BCUT2D eigenvalue weighted by Gasteiger charge is -2.34. The minimum absolute atomic E-state index is 0.118. The fourth-order valence-corrected chi connectivity index (χ4v) is 2.48. The Kier molecular flexibility index (Phi) is 3.86. The number of carbonyl (C=O) groups excluding carboxylic acids is 1. The molecule has 22 heavy (non-hydrogen) atoms. The van der Waals surface area contributed by atoms with Gasteiger partial charge in [0.2, 0.25) is 5.91 Å². The van der Waals surface area contributed by atoms with Gasteiger partial charge in [-0.25, -0.2) is 10.1 Å². The number of rotatable bonds is 2. The summed E-state index contributed by atoms with van der Waals surface area (Å²) in [7, 11) is 0. The Morgan fingerprint density at radius 2 is 1.91 bits per heavy atom. The predicted octanol–water partition coefficient (Wildman–Crippen LogP) is 0.500. The van der Waals surface area contributed by atoms with Crippen molar-refractivity contribution in [1.29, 1.82) is 0 Å². The number of aromatic amines is 1. The molecule has 7 nitrogen and oxygen atoms in total. The SMILES string of the molecule is CC(=O)N1CCN(c2ccc(-c3ccc(=O)[nH]n3)cn2)CC1. The van der Waals surface area contributed by atoms with E-state index in [2.05, 4.69) is 20.1 Å². The normalized spacial score (nSPS) is 15.0. The summed E-state index contributed by atoms with van der Waals surface area (Å²) < 4.78 is 0. The molecule has 7 heteroatoms. The molecule has 0 aromatic carbocycles. The second-order valence-electron chi connectivity index (χ2n) is 5.20. The molecule has 1 fully saturated rings. The number of H-pyrrole nitrogens is 1. The average Bonchev–Trinajstić information content (AvgIpc) is 2.56. The van der Waals surface area contributed by atoms with Crippen molar-refractivity contribution in [2.75, 3.05) is 31.1 Å². The molecule has 1 amide bonds. The molecule has 0 radical (unpaired) electrons. The number of nitrogens with zero attached hydrogens (tertiary/aromatic N) is 4. The molecule has 114 valence electrons. The standard InChI is InChI=1S/C15H17N5O2/c1-11(21)19-6-8-20(9-7-19)14-4-2-12(10-16-14)13-3-5-15(22)18-17-13/h2-5,10H,6-9H2,1H3,(H,18,22). The van der Waals surface area contributed by atoms with Gasteiger partial charge in [0.05, 0.1) is 5.69 Å². The Labute approximate surface area is 127 Å². The summed E-state index contributed by atoms with van der Waals surface area (Å²) in [5, 5.41) is 6.40. The quantitative estimate of drug-likeness (QED) is 0.873. The van der Waals surface area contributed by atoms with Crippen LogP contribution in [-0.4, -0.2) is 52.2 Å². The highest BCUT2D eigenvalue weighted by molar-refractivity contribution is 5.73. The summed E-state index contributed by atoms with van der Waals surface area (Å²) in [6.45, 7) is 4.60. The lowest BCUT2D eigenvalue weighted by atomic mass is 10.2. The molecule has 1 saturated heterocycles. The average molecular weight is 299 g/mol. The smallest absolute Gasteiger partial charge is 0.264 e. The van der Waals surface area contributed by atoms with Crippen LogP contribution in [0.1, 0.15) is 6.92 Å². The van der Waals surface area contributed by atoms with Gasteiger partial charge in [-0.15, -0.1) is 0 Å². The molecule has 2 aromatic heterocycles. The number of anilines is 1. The van der Waals surface area contributed by atoms with Crippen LogP contribution in [0.4, 0.5) is 5.82 Å². The van der Waals surface area contributed by atoms with Crippen molar-refractivity contribution in [3.63, 3.8) is 0 Å². The largest absolute Gasteiger partial charge is 0.353 e. The molecule has 0 unspecified atom stereocenters. The topological polar surface area (TPSA) is 82.2 Å². The van der Waals surface area contributed by atoms with Gasteiger partial charge in [0.1, 0.15) is 5.82 Å². The van der Waals surface area contributed by atoms with E-state index in [1.165, 1.54) is 6.07 Å². The Morgan fingerprint density at radius 3 is 2.45 bits per heavy atom. The van der Waals surface area contributed by atoms with Gasteiger partial charge in [0.15, 0.2) is 0 Å². The first-order valence-corrected chi connectivity index (χ1v) is 7.16. The van der Waals surface area contributed by atoms with E-state index >= 15 is 0 Å². The van der Waals surface area contributed by atoms with Crippen molar-refractivity contribution in [2.24, 2.45) is 0 Å². The predicted molar refractivity (Wildman–Crippen MR) is 82.6 cm³/mol. The number of hydrogen-bond donors (Lipinski definition) is 1. The summed E-state index contributed by atoms with van der Waals surface area (Å²) in [5.74, 6) is 1.00. The van der Waals surface area contributed by atoms with E-state index in [1.54, 1.807) is 19.2 Å². The first kappa shape index (κ1) is 14.2. The summed E-state index contributed by atoms with van der Waals surface area (Å²) in [6, 6.07) is 6.98. The molecular weight excluding hydrogens is 282 g/mol.